The van der Waals surface area contributed by atoms with Crippen LogP contribution in [0.1, 0.15) is 0 Å². The zero-order valence-electron chi connectivity index (χ0n) is 11.1. The molecule has 1 fully saturated rings. The summed E-state index contributed by atoms with van der Waals surface area (Å²) >= 11 is 0. The minimum Gasteiger partial charge on any atom is -0.354 e. The number of piperazine rings is 1. The Hall–Kier alpha value is -1.40. The Bertz CT molecular complexity index is 422. The summed E-state index contributed by atoms with van der Waals surface area (Å²) in [6, 6.07) is 1.56. The first-order chi connectivity index (χ1) is 8.65. The molecule has 2 heterocycles. The van der Waals surface area contributed by atoms with E-state index in [2.05, 4.69) is 38.8 Å². The van der Waals surface area contributed by atoms with Crippen molar-refractivity contribution in [1.29, 1.82) is 0 Å². The van der Waals surface area contributed by atoms with Crippen LogP contribution in [0.25, 0.3) is 0 Å². The van der Waals surface area contributed by atoms with E-state index in [-0.39, 0.29) is 5.56 Å². The maximum absolute atomic E-state index is 11.2. The average Bonchev–Trinajstić information content (AvgIpc) is 2.37. The van der Waals surface area contributed by atoms with Crippen LogP contribution >= 0.6 is 0 Å². The second-order valence-corrected chi connectivity index (χ2v) is 4.90. The van der Waals surface area contributed by atoms with Crippen molar-refractivity contribution >= 4 is 5.82 Å². The molecule has 100 valence electrons. The van der Waals surface area contributed by atoms with Crippen molar-refractivity contribution in [3.05, 3.63) is 22.7 Å². The Labute approximate surface area is 107 Å². The second kappa shape index (κ2) is 5.97. The van der Waals surface area contributed by atoms with Gasteiger partial charge in [-0.15, -0.1) is 0 Å². The highest BCUT2D eigenvalue weighted by atomic mass is 16.1. The molecule has 1 aromatic heterocycles. The Kier molecular flexibility index (Phi) is 4.33. The molecule has 0 saturated carbocycles. The number of aromatic nitrogens is 2. The van der Waals surface area contributed by atoms with Crippen LogP contribution in [-0.4, -0.2) is 73.1 Å². The fourth-order valence-electron chi connectivity index (χ4n) is 2.07. The second-order valence-electron chi connectivity index (χ2n) is 4.90. The van der Waals surface area contributed by atoms with Gasteiger partial charge in [-0.05, 0) is 14.1 Å². The molecule has 0 amide bonds. The van der Waals surface area contributed by atoms with Crippen molar-refractivity contribution in [2.45, 2.75) is 0 Å². The molecule has 1 aliphatic heterocycles. The highest BCUT2D eigenvalue weighted by Gasteiger charge is 2.17. The lowest BCUT2D eigenvalue weighted by atomic mass is 10.3. The highest BCUT2D eigenvalue weighted by Crippen LogP contribution is 2.10. The highest BCUT2D eigenvalue weighted by molar-refractivity contribution is 5.36. The summed E-state index contributed by atoms with van der Waals surface area (Å²) in [6.45, 7) is 6.12. The van der Waals surface area contributed by atoms with E-state index in [1.807, 2.05) is 0 Å². The van der Waals surface area contributed by atoms with Gasteiger partial charge in [0, 0.05) is 45.3 Å². The van der Waals surface area contributed by atoms with Crippen LogP contribution in [0.3, 0.4) is 0 Å². The van der Waals surface area contributed by atoms with E-state index in [0.717, 1.165) is 45.1 Å². The molecule has 0 aromatic carbocycles. The molecule has 0 bridgehead atoms. The molecule has 0 spiro atoms. The first-order valence-corrected chi connectivity index (χ1v) is 6.32. The Balaban J connectivity index is 1.85. The molecule has 6 heteroatoms. The standard InChI is InChI=1S/C12H21N5O/c1-15(2)3-4-16-5-7-17(8-6-16)11-9-12(18)14-10-13-11/h9-10H,3-8H2,1-2H3,(H,13,14,18). The van der Waals surface area contributed by atoms with Crippen LogP contribution in [0.15, 0.2) is 17.2 Å². The topological polar surface area (TPSA) is 55.5 Å². The number of anilines is 1. The number of rotatable bonds is 4. The lowest BCUT2D eigenvalue weighted by molar-refractivity contribution is 0.229. The van der Waals surface area contributed by atoms with E-state index in [1.54, 1.807) is 6.07 Å². The first kappa shape index (κ1) is 13.0. The third kappa shape index (κ3) is 3.54. The zero-order chi connectivity index (χ0) is 13.0. The predicted octanol–water partition coefficient (Wildman–Crippen LogP) is -0.546. The third-order valence-electron chi connectivity index (χ3n) is 3.22. The van der Waals surface area contributed by atoms with Crippen molar-refractivity contribution in [2.75, 3.05) is 58.3 Å². The van der Waals surface area contributed by atoms with Crippen LogP contribution in [-0.2, 0) is 0 Å². The fourth-order valence-corrected chi connectivity index (χ4v) is 2.07. The van der Waals surface area contributed by atoms with Gasteiger partial charge < -0.3 is 14.8 Å². The molecule has 6 nitrogen and oxygen atoms in total. The first-order valence-electron chi connectivity index (χ1n) is 6.32. The van der Waals surface area contributed by atoms with Gasteiger partial charge in [-0.1, -0.05) is 0 Å². The van der Waals surface area contributed by atoms with E-state index in [1.165, 1.54) is 6.33 Å². The summed E-state index contributed by atoms with van der Waals surface area (Å²) in [5.41, 5.74) is -0.0879. The van der Waals surface area contributed by atoms with Gasteiger partial charge in [-0.2, -0.15) is 0 Å². The van der Waals surface area contributed by atoms with E-state index in [4.69, 9.17) is 0 Å². The van der Waals surface area contributed by atoms with Crippen molar-refractivity contribution < 1.29 is 0 Å². The van der Waals surface area contributed by atoms with Gasteiger partial charge in [0.1, 0.15) is 5.82 Å². The molecular weight excluding hydrogens is 230 g/mol. The van der Waals surface area contributed by atoms with Crippen LogP contribution in [0.4, 0.5) is 5.82 Å². The predicted molar refractivity (Wildman–Crippen MR) is 72.1 cm³/mol. The molecule has 0 radical (unpaired) electrons. The Morgan fingerprint density at radius 3 is 2.67 bits per heavy atom. The summed E-state index contributed by atoms with van der Waals surface area (Å²) in [5.74, 6) is 0.783. The molecule has 1 aromatic rings. The third-order valence-corrected chi connectivity index (χ3v) is 3.22. The molecule has 0 aliphatic carbocycles. The monoisotopic (exact) mass is 251 g/mol. The van der Waals surface area contributed by atoms with Crippen molar-refractivity contribution in [3.8, 4) is 0 Å². The van der Waals surface area contributed by atoms with Gasteiger partial charge in [0.05, 0.1) is 6.33 Å². The summed E-state index contributed by atoms with van der Waals surface area (Å²) in [5, 5.41) is 0. The molecule has 18 heavy (non-hydrogen) atoms. The Morgan fingerprint density at radius 1 is 1.33 bits per heavy atom. The minimum absolute atomic E-state index is 0.0879. The molecule has 2 rings (SSSR count). The van der Waals surface area contributed by atoms with E-state index in [0.29, 0.717) is 0 Å². The number of aromatic amines is 1. The van der Waals surface area contributed by atoms with Crippen LogP contribution in [0.2, 0.25) is 0 Å². The lowest BCUT2D eigenvalue weighted by Gasteiger charge is -2.35. The van der Waals surface area contributed by atoms with Crippen molar-refractivity contribution in [2.24, 2.45) is 0 Å². The van der Waals surface area contributed by atoms with Gasteiger partial charge in [-0.25, -0.2) is 4.98 Å². The number of H-pyrrole nitrogens is 1. The van der Waals surface area contributed by atoms with Gasteiger partial charge in [0.25, 0.3) is 5.56 Å². The van der Waals surface area contributed by atoms with Gasteiger partial charge in [0.2, 0.25) is 0 Å². The van der Waals surface area contributed by atoms with E-state index < -0.39 is 0 Å². The van der Waals surface area contributed by atoms with Crippen LogP contribution in [0.5, 0.6) is 0 Å². The molecular formula is C12H21N5O. The number of nitrogens with zero attached hydrogens (tertiary/aromatic N) is 4. The fraction of sp³-hybridized carbons (Fsp3) is 0.667. The maximum atomic E-state index is 11.2. The molecule has 0 unspecified atom stereocenters. The number of hydrogen-bond acceptors (Lipinski definition) is 5. The van der Waals surface area contributed by atoms with Crippen molar-refractivity contribution in [3.63, 3.8) is 0 Å². The van der Waals surface area contributed by atoms with Crippen LogP contribution in [0, 0.1) is 0 Å². The maximum Gasteiger partial charge on any atom is 0.252 e. The molecule has 1 N–H and O–H groups in total. The van der Waals surface area contributed by atoms with Crippen LogP contribution < -0.4 is 10.5 Å². The van der Waals surface area contributed by atoms with E-state index in [9.17, 15) is 4.79 Å². The molecule has 1 saturated heterocycles. The Morgan fingerprint density at radius 2 is 2.06 bits per heavy atom. The molecule has 0 atom stereocenters. The zero-order valence-corrected chi connectivity index (χ0v) is 11.1. The number of hydrogen-bond donors (Lipinski definition) is 1. The summed E-state index contributed by atoms with van der Waals surface area (Å²) in [6.07, 6.45) is 1.47. The normalized spacial score (nSPS) is 17.4. The van der Waals surface area contributed by atoms with Gasteiger partial charge in [0.15, 0.2) is 0 Å². The van der Waals surface area contributed by atoms with Crippen molar-refractivity contribution in [1.82, 2.24) is 19.8 Å². The largest absolute Gasteiger partial charge is 0.354 e. The van der Waals surface area contributed by atoms with Gasteiger partial charge in [-0.3, -0.25) is 9.69 Å². The summed E-state index contributed by atoms with van der Waals surface area (Å²) < 4.78 is 0. The lowest BCUT2D eigenvalue weighted by Crippen LogP contribution is -2.48. The number of nitrogens with one attached hydrogen (secondary N) is 1. The molecule has 1 aliphatic rings. The van der Waals surface area contributed by atoms with E-state index >= 15 is 0 Å². The average molecular weight is 251 g/mol. The summed E-state index contributed by atoms with van der Waals surface area (Å²) in [7, 11) is 4.19. The smallest absolute Gasteiger partial charge is 0.252 e. The minimum atomic E-state index is -0.0879. The van der Waals surface area contributed by atoms with Gasteiger partial charge >= 0.3 is 0 Å². The number of likely N-dealkylation sites (N-methyl/N-ethyl adjacent to an activating group) is 1. The summed E-state index contributed by atoms with van der Waals surface area (Å²) in [4.78, 5) is 24.8. The SMILES string of the molecule is CN(C)CCN1CCN(c2cc(=O)[nH]cn2)CC1. The quantitative estimate of drug-likeness (QED) is 0.778.